The third-order valence-electron chi connectivity index (χ3n) is 6.45. The summed E-state index contributed by atoms with van der Waals surface area (Å²) in [6.07, 6.45) is 6.82. The largest absolute Gasteiger partial charge is 0.370 e. The predicted octanol–water partition coefficient (Wildman–Crippen LogP) is 4.65. The zero-order valence-corrected chi connectivity index (χ0v) is 20.4. The molecule has 0 aliphatic heterocycles. The summed E-state index contributed by atoms with van der Waals surface area (Å²) in [7, 11) is 0. The number of nitrogens with zero attached hydrogens (tertiary/aromatic N) is 3. The van der Waals surface area contributed by atoms with Gasteiger partial charge in [0.2, 0.25) is 5.91 Å². The van der Waals surface area contributed by atoms with Crippen LogP contribution in [0.3, 0.4) is 0 Å². The molecule has 9 nitrogen and oxygen atoms in total. The second-order valence-electron chi connectivity index (χ2n) is 9.07. The number of primary amides is 1. The lowest BCUT2D eigenvalue weighted by molar-refractivity contribution is -0.118. The van der Waals surface area contributed by atoms with E-state index in [0.29, 0.717) is 29.9 Å². The number of rotatable bonds is 11. The van der Waals surface area contributed by atoms with Gasteiger partial charge in [-0.15, -0.1) is 5.10 Å². The molecule has 0 saturated heterocycles. The van der Waals surface area contributed by atoms with Crippen molar-refractivity contribution in [2.24, 2.45) is 5.73 Å². The second kappa shape index (κ2) is 10.9. The second-order valence-corrected chi connectivity index (χ2v) is 9.07. The van der Waals surface area contributed by atoms with Crippen molar-refractivity contribution in [3.05, 3.63) is 90.6 Å². The molecule has 0 unspecified atom stereocenters. The minimum atomic E-state index is -0.332. The van der Waals surface area contributed by atoms with Gasteiger partial charge in [0.15, 0.2) is 0 Å². The molecule has 5 N–H and O–H groups in total. The van der Waals surface area contributed by atoms with Crippen molar-refractivity contribution in [1.82, 2.24) is 30.3 Å². The van der Waals surface area contributed by atoms with Crippen LogP contribution in [0.5, 0.6) is 0 Å². The third-order valence-corrected chi connectivity index (χ3v) is 6.45. The molecule has 0 radical (unpaired) electrons. The molecule has 0 fully saturated rings. The number of fused-ring (bicyclic) bond motifs is 1. The van der Waals surface area contributed by atoms with E-state index in [2.05, 4.69) is 55.9 Å². The van der Waals surface area contributed by atoms with Crippen LogP contribution in [0.1, 0.15) is 54.3 Å². The minimum absolute atomic E-state index is 0.205. The Labute approximate surface area is 214 Å². The molecule has 5 aromatic rings. The summed E-state index contributed by atoms with van der Waals surface area (Å²) in [4.78, 5) is 32.5. The molecular formula is C28H29N7O2. The van der Waals surface area contributed by atoms with Crippen molar-refractivity contribution in [1.29, 1.82) is 0 Å². The number of nitrogens with two attached hydrogens (primary N) is 1. The van der Waals surface area contributed by atoms with E-state index in [9.17, 15) is 9.59 Å². The number of aromatic nitrogens is 5. The van der Waals surface area contributed by atoms with E-state index >= 15 is 0 Å². The molecule has 0 spiro atoms. The van der Waals surface area contributed by atoms with Crippen molar-refractivity contribution >= 4 is 22.6 Å². The maximum atomic E-state index is 13.4. The highest BCUT2D eigenvalue weighted by Gasteiger charge is 2.21. The van der Waals surface area contributed by atoms with Crippen LogP contribution >= 0.6 is 0 Å². The predicted molar refractivity (Wildman–Crippen MR) is 142 cm³/mol. The zero-order valence-electron chi connectivity index (χ0n) is 20.4. The van der Waals surface area contributed by atoms with Gasteiger partial charge in [-0.05, 0) is 41.8 Å². The van der Waals surface area contributed by atoms with Crippen LogP contribution in [0, 0.1) is 0 Å². The summed E-state index contributed by atoms with van der Waals surface area (Å²) in [5.41, 5.74) is 8.43. The minimum Gasteiger partial charge on any atom is -0.370 e. The van der Waals surface area contributed by atoms with E-state index in [-0.39, 0.29) is 17.9 Å². The summed E-state index contributed by atoms with van der Waals surface area (Å²) in [6, 6.07) is 21.5. The van der Waals surface area contributed by atoms with Crippen LogP contribution in [-0.2, 0) is 4.79 Å². The highest BCUT2D eigenvalue weighted by atomic mass is 16.2. The number of aromatic amines is 2. The van der Waals surface area contributed by atoms with E-state index < -0.39 is 0 Å². The van der Waals surface area contributed by atoms with Gasteiger partial charge in [-0.25, -0.2) is 14.9 Å². The number of unbranched alkanes of at least 4 members (excludes halogenated alkanes) is 2. The van der Waals surface area contributed by atoms with Gasteiger partial charge in [-0.3, -0.25) is 9.59 Å². The molecule has 2 aromatic heterocycles. The smallest absolute Gasteiger partial charge is 0.254 e. The fourth-order valence-electron chi connectivity index (χ4n) is 4.46. The van der Waals surface area contributed by atoms with Crippen molar-refractivity contribution in [3.63, 3.8) is 0 Å². The van der Waals surface area contributed by atoms with Gasteiger partial charge in [0.25, 0.3) is 5.91 Å². The van der Waals surface area contributed by atoms with Gasteiger partial charge in [-0.1, -0.05) is 61.4 Å². The standard InChI is InChI=1S/C28H29N7O2/c29-26(36)13-3-1-2-11-23(33-28(37)22-10-6-7-12-25(22)35-18-31-34-35)27-30-17-24(32-27)21-15-14-19-8-4-5-9-20(19)16-21/h4-10,12,14-18,23,34H,1-3,11,13H2,(H2,29,36)(H,30,32)(H,33,37)/t23-/m0/s1. The first kappa shape index (κ1) is 24.1. The Morgan fingerprint density at radius 3 is 2.54 bits per heavy atom. The van der Waals surface area contributed by atoms with Crippen LogP contribution in [0.25, 0.3) is 27.7 Å². The molecule has 0 aliphatic carbocycles. The average Bonchev–Trinajstić information content (AvgIpc) is 3.37. The van der Waals surface area contributed by atoms with E-state index in [1.807, 2.05) is 30.3 Å². The normalized spacial score (nSPS) is 12.0. The summed E-state index contributed by atoms with van der Waals surface area (Å²) in [5.74, 6) is 0.187. The fourth-order valence-corrected chi connectivity index (χ4v) is 4.46. The summed E-state index contributed by atoms with van der Waals surface area (Å²) < 4.78 is 1.69. The highest BCUT2D eigenvalue weighted by Crippen LogP contribution is 2.26. The molecular weight excluding hydrogens is 466 g/mol. The van der Waals surface area contributed by atoms with Gasteiger partial charge in [0, 0.05) is 12.0 Å². The molecule has 0 bridgehead atoms. The third kappa shape index (κ3) is 5.61. The van der Waals surface area contributed by atoms with Crippen molar-refractivity contribution < 1.29 is 9.59 Å². The van der Waals surface area contributed by atoms with Crippen molar-refractivity contribution in [2.75, 3.05) is 0 Å². The Morgan fingerprint density at radius 1 is 0.973 bits per heavy atom. The Kier molecular flexibility index (Phi) is 7.12. The molecule has 188 valence electrons. The number of H-pyrrole nitrogens is 2. The van der Waals surface area contributed by atoms with Crippen molar-refractivity contribution in [2.45, 2.75) is 38.1 Å². The first-order valence-electron chi connectivity index (χ1n) is 12.4. The van der Waals surface area contributed by atoms with Crippen LogP contribution < -0.4 is 11.1 Å². The number of hydrogen-bond donors (Lipinski definition) is 4. The Bertz CT molecular complexity index is 1500. The Morgan fingerprint density at radius 2 is 1.76 bits per heavy atom. The molecule has 0 saturated carbocycles. The van der Waals surface area contributed by atoms with Gasteiger partial charge < -0.3 is 16.0 Å². The first-order chi connectivity index (χ1) is 18.1. The van der Waals surface area contributed by atoms with Crippen LogP contribution in [0.15, 0.2) is 79.3 Å². The first-order valence-corrected chi connectivity index (χ1v) is 12.4. The highest BCUT2D eigenvalue weighted by molar-refractivity contribution is 5.98. The topological polar surface area (TPSA) is 134 Å². The van der Waals surface area contributed by atoms with Crippen molar-refractivity contribution in [3.8, 4) is 16.9 Å². The summed E-state index contributed by atoms with van der Waals surface area (Å²) in [5, 5.41) is 12.2. The molecule has 9 heteroatoms. The number of imidazole rings is 1. The van der Waals surface area contributed by atoms with E-state index in [4.69, 9.17) is 5.73 Å². The van der Waals surface area contributed by atoms with E-state index in [0.717, 1.165) is 35.9 Å². The Balaban J connectivity index is 1.37. The molecule has 5 rings (SSSR count). The molecule has 2 heterocycles. The average molecular weight is 496 g/mol. The monoisotopic (exact) mass is 495 g/mol. The quantitative estimate of drug-likeness (QED) is 0.198. The lowest BCUT2D eigenvalue weighted by Gasteiger charge is -2.19. The van der Waals surface area contributed by atoms with Crippen LogP contribution in [-0.4, -0.2) is 36.8 Å². The molecule has 2 amide bonds. The Hall–Kier alpha value is -4.66. The van der Waals surface area contributed by atoms with Crippen LogP contribution in [0.4, 0.5) is 0 Å². The molecule has 3 aromatic carbocycles. The maximum absolute atomic E-state index is 13.4. The SMILES string of the molecule is NC(=O)CCCCC[C@H](NC(=O)c1ccccc1-n1cn[nH]1)c1ncc(-c2ccc3ccccc3c2)[nH]1. The zero-order chi connectivity index (χ0) is 25.6. The number of carbonyl (C=O) groups is 2. The molecule has 1 atom stereocenters. The summed E-state index contributed by atoms with van der Waals surface area (Å²) in [6.45, 7) is 0. The summed E-state index contributed by atoms with van der Waals surface area (Å²) >= 11 is 0. The van der Waals surface area contributed by atoms with E-state index in [1.54, 1.807) is 23.3 Å². The number of carbonyl (C=O) groups excluding carboxylic acids is 2. The lowest BCUT2D eigenvalue weighted by Crippen LogP contribution is -2.30. The number of hydrogen-bond acceptors (Lipinski definition) is 4. The van der Waals surface area contributed by atoms with Crippen LogP contribution in [0.2, 0.25) is 0 Å². The van der Waals surface area contributed by atoms with Gasteiger partial charge in [0.05, 0.1) is 29.2 Å². The fraction of sp³-hybridized carbons (Fsp3) is 0.214. The maximum Gasteiger partial charge on any atom is 0.254 e. The molecule has 37 heavy (non-hydrogen) atoms. The number of para-hydroxylation sites is 1. The van der Waals surface area contributed by atoms with Gasteiger partial charge >= 0.3 is 0 Å². The van der Waals surface area contributed by atoms with E-state index in [1.165, 1.54) is 5.39 Å². The van der Waals surface area contributed by atoms with Gasteiger partial charge in [-0.2, -0.15) is 0 Å². The number of nitrogens with one attached hydrogen (secondary N) is 3. The van der Waals surface area contributed by atoms with Gasteiger partial charge in [0.1, 0.15) is 12.2 Å². The number of amides is 2. The molecule has 0 aliphatic rings. The number of benzene rings is 3. The lowest BCUT2D eigenvalue weighted by atomic mass is 10.0.